The van der Waals surface area contributed by atoms with Crippen molar-refractivity contribution in [2.75, 3.05) is 12.5 Å². The Labute approximate surface area is 152 Å². The van der Waals surface area contributed by atoms with E-state index in [9.17, 15) is 0 Å². The number of hydrogen-bond acceptors (Lipinski definition) is 4. The quantitative estimate of drug-likeness (QED) is 0.430. The van der Waals surface area contributed by atoms with Gasteiger partial charge in [0.25, 0.3) is 0 Å². The van der Waals surface area contributed by atoms with Gasteiger partial charge in [-0.2, -0.15) is 0 Å². The zero-order chi connectivity index (χ0) is 16.2. The van der Waals surface area contributed by atoms with Gasteiger partial charge in [0.05, 0.1) is 12.7 Å². The topological polar surface area (TPSA) is 0 Å². The van der Waals surface area contributed by atoms with E-state index in [1.165, 1.54) is 18.3 Å². The van der Waals surface area contributed by atoms with Gasteiger partial charge in [-0.25, -0.2) is 0 Å². The lowest BCUT2D eigenvalue weighted by Gasteiger charge is -2.03. The first-order valence-electron chi connectivity index (χ1n) is 6.94. The van der Waals surface area contributed by atoms with Gasteiger partial charge in [-0.3, -0.25) is 0 Å². The van der Waals surface area contributed by atoms with Crippen molar-refractivity contribution in [3.8, 4) is 11.5 Å². The molecule has 0 aliphatic carbocycles. The van der Waals surface area contributed by atoms with Crippen LogP contribution in [0.3, 0.4) is 0 Å². The Balaban J connectivity index is 2.09. The van der Waals surface area contributed by atoms with Crippen molar-refractivity contribution in [2.24, 2.45) is 0 Å². The predicted octanol–water partition coefficient (Wildman–Crippen LogP) is 6.55. The molecule has 1 heterocycles. The summed E-state index contributed by atoms with van der Waals surface area (Å²) in [6.45, 7) is 6.81. The van der Waals surface area contributed by atoms with E-state index in [0.717, 1.165) is 5.56 Å². The van der Waals surface area contributed by atoms with Crippen molar-refractivity contribution in [2.45, 2.75) is 19.6 Å². The minimum absolute atomic E-state index is 1.11. The van der Waals surface area contributed by atoms with E-state index in [0.29, 0.717) is 0 Å². The van der Waals surface area contributed by atoms with Crippen LogP contribution in [-0.2, 0) is 0 Å². The van der Waals surface area contributed by atoms with E-state index in [2.05, 4.69) is 74.0 Å². The van der Waals surface area contributed by atoms with E-state index < -0.39 is 8.07 Å². The number of rotatable bonds is 3. The Hall–Kier alpha value is -0.123. The largest absolute Gasteiger partial charge is 0.129 e. The van der Waals surface area contributed by atoms with E-state index in [1.54, 1.807) is 0 Å². The summed E-state index contributed by atoms with van der Waals surface area (Å²) in [5, 5.41) is 0. The molecule has 0 atom stereocenters. The van der Waals surface area contributed by atoms with E-state index in [1.807, 2.05) is 47.0 Å². The van der Waals surface area contributed by atoms with Crippen LogP contribution in [0.2, 0.25) is 19.6 Å². The highest BCUT2D eigenvalue weighted by Gasteiger charge is 2.19. The molecular weight excluding hydrogens is 361 g/mol. The first kappa shape index (κ1) is 18.2. The molecule has 0 spiro atoms. The maximum absolute atomic E-state index is 3.41. The highest BCUT2D eigenvalue weighted by Crippen LogP contribution is 2.56. The van der Waals surface area contributed by atoms with Gasteiger partial charge < -0.3 is 0 Å². The average Bonchev–Trinajstić information content (AvgIpc) is 2.88. The smallest absolute Gasteiger partial charge is 0.127 e. The summed E-state index contributed by atoms with van der Waals surface area (Å²) in [5.41, 5.74) is 5.77. The van der Waals surface area contributed by atoms with Crippen LogP contribution in [-0.4, -0.2) is 20.6 Å². The number of thioether (sulfide) groups is 4. The molecule has 2 rings (SSSR count). The zero-order valence-corrected chi connectivity index (χ0v) is 17.8. The highest BCUT2D eigenvalue weighted by molar-refractivity contribution is 8.40. The van der Waals surface area contributed by atoms with Crippen LogP contribution in [0.5, 0.6) is 0 Å². The fourth-order valence-corrected chi connectivity index (χ4v) is 7.12. The maximum Gasteiger partial charge on any atom is 0.129 e. The molecule has 0 fully saturated rings. The van der Waals surface area contributed by atoms with Crippen molar-refractivity contribution in [3.05, 3.63) is 48.1 Å². The lowest BCUT2D eigenvalue weighted by molar-refractivity contribution is 1.61. The van der Waals surface area contributed by atoms with Gasteiger partial charge in [-0.15, -0.1) is 29.1 Å². The molecule has 0 radical (unpaired) electrons. The van der Waals surface area contributed by atoms with Crippen LogP contribution in [0.4, 0.5) is 0 Å². The van der Waals surface area contributed by atoms with Crippen molar-refractivity contribution >= 4 is 61.2 Å². The van der Waals surface area contributed by atoms with Crippen molar-refractivity contribution in [1.82, 2.24) is 0 Å². The third kappa shape index (κ3) is 5.50. The van der Waals surface area contributed by atoms with Crippen molar-refractivity contribution in [3.63, 3.8) is 0 Å². The molecule has 0 amide bonds. The molecule has 1 aromatic carbocycles. The monoisotopic (exact) mass is 380 g/mol. The Kier molecular flexibility index (Phi) is 6.72. The average molecular weight is 381 g/mol. The minimum Gasteiger partial charge on any atom is -0.127 e. The van der Waals surface area contributed by atoms with Gasteiger partial charge in [-0.1, -0.05) is 61.2 Å². The molecule has 0 nitrogen and oxygen atoms in total. The third-order valence-electron chi connectivity index (χ3n) is 2.70. The zero-order valence-electron chi connectivity index (χ0n) is 13.5. The van der Waals surface area contributed by atoms with Crippen LogP contribution in [0, 0.1) is 11.5 Å². The van der Waals surface area contributed by atoms with Gasteiger partial charge in [0.2, 0.25) is 0 Å². The SMILES string of the molecule is CSC1=C(SC)SC(=Cc2ccc(C#C[Si](C)(C)C)cc2)S1. The first-order valence-corrected chi connectivity index (χ1v) is 14.5. The van der Waals surface area contributed by atoms with Crippen LogP contribution in [0.25, 0.3) is 6.08 Å². The molecule has 5 heteroatoms. The van der Waals surface area contributed by atoms with Gasteiger partial charge in [0.15, 0.2) is 0 Å². The normalized spacial score (nSPS) is 14.9. The Morgan fingerprint density at radius 1 is 0.955 bits per heavy atom. The molecule has 0 bridgehead atoms. The second-order valence-electron chi connectivity index (χ2n) is 5.77. The molecule has 22 heavy (non-hydrogen) atoms. The molecule has 0 N–H and O–H groups in total. The van der Waals surface area contributed by atoms with Crippen molar-refractivity contribution in [1.29, 1.82) is 0 Å². The minimum atomic E-state index is -1.30. The summed E-state index contributed by atoms with van der Waals surface area (Å²) in [5.74, 6) is 3.30. The number of benzene rings is 1. The molecule has 1 aromatic rings. The van der Waals surface area contributed by atoms with Crippen molar-refractivity contribution < 1.29 is 0 Å². The van der Waals surface area contributed by atoms with Crippen LogP contribution < -0.4 is 0 Å². The van der Waals surface area contributed by atoms with Crippen LogP contribution >= 0.6 is 47.0 Å². The Morgan fingerprint density at radius 2 is 1.50 bits per heavy atom. The van der Waals surface area contributed by atoms with E-state index in [-0.39, 0.29) is 0 Å². The summed E-state index contributed by atoms with van der Waals surface area (Å²) in [4.78, 5) is 0. The second-order valence-corrected chi connectivity index (χ2v) is 15.0. The summed E-state index contributed by atoms with van der Waals surface area (Å²) in [6, 6.07) is 8.58. The first-order chi connectivity index (χ1) is 10.4. The Morgan fingerprint density at radius 3 is 1.95 bits per heavy atom. The fourth-order valence-electron chi connectivity index (χ4n) is 1.65. The summed E-state index contributed by atoms with van der Waals surface area (Å²) in [6.07, 6.45) is 6.56. The highest BCUT2D eigenvalue weighted by atomic mass is 32.3. The van der Waals surface area contributed by atoms with E-state index in [4.69, 9.17) is 0 Å². The van der Waals surface area contributed by atoms with Gasteiger partial charge in [0.1, 0.15) is 8.07 Å². The summed E-state index contributed by atoms with van der Waals surface area (Å²) < 4.78 is 4.19. The standard InChI is InChI=1S/C17H20S4Si/c1-18-16-17(19-2)21-15(20-16)12-14-8-6-13(7-9-14)10-11-22(3,4)5/h6-9,12H,1-5H3. The summed E-state index contributed by atoms with van der Waals surface area (Å²) in [7, 11) is -1.30. The van der Waals surface area contributed by atoms with Crippen LogP contribution in [0.15, 0.2) is 37.0 Å². The molecule has 0 saturated heterocycles. The summed E-state index contributed by atoms with van der Waals surface area (Å²) >= 11 is 7.43. The molecule has 0 aromatic heterocycles. The van der Waals surface area contributed by atoms with Gasteiger partial charge in [0, 0.05) is 5.56 Å². The Bertz CT molecular complexity index is 637. The molecule has 1 aliphatic heterocycles. The third-order valence-corrected chi connectivity index (χ3v) is 8.66. The second kappa shape index (κ2) is 8.12. The lowest BCUT2D eigenvalue weighted by atomic mass is 10.1. The predicted molar refractivity (Wildman–Crippen MR) is 114 cm³/mol. The molecular formula is C17H20S4Si. The molecule has 1 aliphatic rings. The molecule has 0 saturated carbocycles. The fraction of sp³-hybridized carbons (Fsp3) is 0.294. The molecule has 116 valence electrons. The lowest BCUT2D eigenvalue weighted by Crippen LogP contribution is -2.16. The maximum atomic E-state index is 3.41. The van der Waals surface area contributed by atoms with Crippen LogP contribution in [0.1, 0.15) is 11.1 Å². The van der Waals surface area contributed by atoms with Gasteiger partial charge >= 0.3 is 0 Å². The molecule has 0 unspecified atom stereocenters. The van der Waals surface area contributed by atoms with E-state index >= 15 is 0 Å². The van der Waals surface area contributed by atoms with Gasteiger partial charge in [-0.05, 0) is 36.3 Å². The number of hydrogen-bond donors (Lipinski definition) is 0.